The molecule has 3 amide bonds. The van der Waals surface area contributed by atoms with Gasteiger partial charge in [0.2, 0.25) is 0 Å². The molecule has 6 nitrogen and oxygen atoms in total. The van der Waals surface area contributed by atoms with Gasteiger partial charge in [-0.05, 0) is 37.0 Å². The maximum Gasteiger partial charge on any atom is 0.325 e. The van der Waals surface area contributed by atoms with Crippen molar-refractivity contribution in [1.29, 1.82) is 0 Å². The third kappa shape index (κ3) is 4.03. The number of imide groups is 1. The molecule has 0 bridgehead atoms. The first-order chi connectivity index (χ1) is 12.0. The Kier molecular flexibility index (Phi) is 5.42. The normalized spacial score (nSPS) is 18.7. The highest BCUT2D eigenvalue weighted by molar-refractivity contribution is 9.10. The van der Waals surface area contributed by atoms with E-state index in [1.54, 1.807) is 0 Å². The van der Waals surface area contributed by atoms with Gasteiger partial charge in [0.25, 0.3) is 5.91 Å². The van der Waals surface area contributed by atoms with Crippen molar-refractivity contribution in [3.63, 3.8) is 0 Å². The summed E-state index contributed by atoms with van der Waals surface area (Å²) in [5.41, 5.74) is 0.230. The highest BCUT2D eigenvalue weighted by Crippen LogP contribution is 2.35. The lowest BCUT2D eigenvalue weighted by Gasteiger charge is -2.19. The van der Waals surface area contributed by atoms with Crippen LogP contribution in [0.4, 0.5) is 4.79 Å². The van der Waals surface area contributed by atoms with Crippen LogP contribution >= 0.6 is 15.9 Å². The summed E-state index contributed by atoms with van der Waals surface area (Å²) in [6.45, 7) is 0.470. The first-order valence-electron chi connectivity index (χ1n) is 8.54. The molecule has 1 aromatic rings. The maximum absolute atomic E-state index is 12.5. The molecule has 1 spiro atoms. The second-order valence-corrected chi connectivity index (χ2v) is 7.48. The smallest absolute Gasteiger partial charge is 0.325 e. The molecule has 2 aliphatic rings. The van der Waals surface area contributed by atoms with E-state index >= 15 is 0 Å². The Morgan fingerprint density at radius 1 is 1.20 bits per heavy atom. The van der Waals surface area contributed by atoms with Crippen LogP contribution in [0.25, 0.3) is 0 Å². The molecule has 0 aromatic heterocycles. The summed E-state index contributed by atoms with van der Waals surface area (Å²) in [5.74, 6) is -0.469. The predicted octanol–water partition coefficient (Wildman–Crippen LogP) is 3.14. The van der Waals surface area contributed by atoms with Crippen LogP contribution in [0.2, 0.25) is 0 Å². The van der Waals surface area contributed by atoms with E-state index in [1.807, 2.05) is 24.3 Å². The largest absolute Gasteiger partial charge is 0.461 e. The fraction of sp³-hybridized carbons (Fsp3) is 0.500. The number of hydrogen-bond donors (Lipinski definition) is 1. The molecule has 1 heterocycles. The van der Waals surface area contributed by atoms with Gasteiger partial charge in [-0.2, -0.15) is 0 Å². The van der Waals surface area contributed by atoms with Crippen LogP contribution in [0.3, 0.4) is 0 Å². The van der Waals surface area contributed by atoms with E-state index in [2.05, 4.69) is 21.2 Å². The van der Waals surface area contributed by atoms with Gasteiger partial charge in [-0.25, -0.2) is 4.79 Å². The van der Waals surface area contributed by atoms with E-state index in [9.17, 15) is 14.4 Å². The first-order valence-corrected chi connectivity index (χ1v) is 9.34. The van der Waals surface area contributed by atoms with Crippen molar-refractivity contribution in [2.75, 3.05) is 6.54 Å². The molecule has 2 fully saturated rings. The van der Waals surface area contributed by atoms with Crippen LogP contribution in [0.15, 0.2) is 28.7 Å². The van der Waals surface area contributed by atoms with Crippen molar-refractivity contribution in [3.8, 4) is 0 Å². The molecule has 1 saturated heterocycles. The molecule has 0 atom stereocenters. The SMILES string of the molecule is O=C(CCCN1C(=O)NC2(CCCC2)C1=O)OCc1ccc(Br)cc1. The minimum absolute atomic E-state index is 0.141. The second-order valence-electron chi connectivity index (χ2n) is 6.57. The zero-order valence-electron chi connectivity index (χ0n) is 13.9. The fourth-order valence-corrected chi connectivity index (χ4v) is 3.66. The Morgan fingerprint density at radius 3 is 2.56 bits per heavy atom. The van der Waals surface area contributed by atoms with Gasteiger partial charge in [-0.1, -0.05) is 40.9 Å². The van der Waals surface area contributed by atoms with Crippen LogP contribution in [0.5, 0.6) is 0 Å². The number of ether oxygens (including phenoxy) is 1. The average molecular weight is 409 g/mol. The zero-order chi connectivity index (χ0) is 17.9. The summed E-state index contributed by atoms with van der Waals surface area (Å²) >= 11 is 3.35. The summed E-state index contributed by atoms with van der Waals surface area (Å²) in [7, 11) is 0. The van der Waals surface area contributed by atoms with Crippen molar-refractivity contribution >= 4 is 33.8 Å². The molecule has 1 aliphatic carbocycles. The van der Waals surface area contributed by atoms with E-state index in [0.717, 1.165) is 22.9 Å². The third-order valence-corrected chi connectivity index (χ3v) is 5.31. The standard InChI is InChI=1S/C18H21BrN2O4/c19-14-7-5-13(6-8-14)12-25-15(22)4-3-11-21-16(23)18(20-17(21)24)9-1-2-10-18/h5-8H,1-4,9-12H2,(H,20,24). The monoisotopic (exact) mass is 408 g/mol. The lowest BCUT2D eigenvalue weighted by atomic mass is 9.98. The molecule has 1 N–H and O–H groups in total. The molecule has 1 aliphatic heterocycles. The number of nitrogens with one attached hydrogen (secondary N) is 1. The lowest BCUT2D eigenvalue weighted by Crippen LogP contribution is -2.44. The third-order valence-electron chi connectivity index (χ3n) is 4.78. The average Bonchev–Trinajstić information content (AvgIpc) is 3.15. The number of carbonyl (C=O) groups excluding carboxylic acids is 3. The summed E-state index contributed by atoms with van der Waals surface area (Å²) < 4.78 is 6.19. The van der Waals surface area contributed by atoms with E-state index < -0.39 is 5.54 Å². The molecule has 7 heteroatoms. The molecule has 1 saturated carbocycles. The Balaban J connectivity index is 1.41. The van der Waals surface area contributed by atoms with Gasteiger partial charge in [-0.15, -0.1) is 0 Å². The topological polar surface area (TPSA) is 75.7 Å². The fourth-order valence-electron chi connectivity index (χ4n) is 3.39. The number of carbonyl (C=O) groups is 3. The number of urea groups is 1. The highest BCUT2D eigenvalue weighted by Gasteiger charge is 2.51. The predicted molar refractivity (Wildman–Crippen MR) is 94.6 cm³/mol. The van der Waals surface area contributed by atoms with Crippen LogP contribution in [-0.4, -0.2) is 34.9 Å². The van der Waals surface area contributed by atoms with Gasteiger partial charge < -0.3 is 10.1 Å². The Morgan fingerprint density at radius 2 is 1.88 bits per heavy atom. The van der Waals surface area contributed by atoms with Crippen molar-refractivity contribution in [2.24, 2.45) is 0 Å². The van der Waals surface area contributed by atoms with Crippen molar-refractivity contribution in [1.82, 2.24) is 10.2 Å². The van der Waals surface area contributed by atoms with E-state index in [0.29, 0.717) is 19.3 Å². The summed E-state index contributed by atoms with van der Waals surface area (Å²) in [5, 5.41) is 2.84. The molecule has 3 rings (SSSR count). The number of nitrogens with zero attached hydrogens (tertiary/aromatic N) is 1. The van der Waals surface area contributed by atoms with Crippen molar-refractivity contribution in [2.45, 2.75) is 50.7 Å². The van der Waals surface area contributed by atoms with Gasteiger partial charge in [-0.3, -0.25) is 14.5 Å². The molecule has 0 unspecified atom stereocenters. The van der Waals surface area contributed by atoms with Gasteiger partial charge in [0.1, 0.15) is 12.1 Å². The number of esters is 1. The molecular weight excluding hydrogens is 388 g/mol. The minimum Gasteiger partial charge on any atom is -0.461 e. The molecule has 1 aromatic carbocycles. The number of rotatable bonds is 6. The molecule has 0 radical (unpaired) electrons. The number of benzene rings is 1. The van der Waals surface area contributed by atoms with E-state index in [-0.39, 0.29) is 37.5 Å². The summed E-state index contributed by atoms with van der Waals surface area (Å²) in [6, 6.07) is 7.20. The first kappa shape index (κ1) is 17.9. The van der Waals surface area contributed by atoms with Crippen LogP contribution < -0.4 is 5.32 Å². The van der Waals surface area contributed by atoms with Gasteiger partial charge in [0, 0.05) is 17.4 Å². The van der Waals surface area contributed by atoms with Crippen LogP contribution in [0.1, 0.15) is 44.1 Å². The Bertz CT molecular complexity index is 668. The Labute approximate surface area is 155 Å². The van der Waals surface area contributed by atoms with Gasteiger partial charge in [0.15, 0.2) is 0 Å². The van der Waals surface area contributed by atoms with Crippen LogP contribution in [-0.2, 0) is 20.9 Å². The highest BCUT2D eigenvalue weighted by atomic mass is 79.9. The summed E-state index contributed by atoms with van der Waals surface area (Å²) in [6.07, 6.45) is 3.94. The molecule has 25 heavy (non-hydrogen) atoms. The molecule has 134 valence electrons. The van der Waals surface area contributed by atoms with Gasteiger partial charge in [0.05, 0.1) is 0 Å². The second kappa shape index (κ2) is 7.56. The minimum atomic E-state index is -0.681. The van der Waals surface area contributed by atoms with Crippen molar-refractivity contribution in [3.05, 3.63) is 34.3 Å². The molecular formula is C18H21BrN2O4. The quantitative estimate of drug-likeness (QED) is 0.579. The van der Waals surface area contributed by atoms with Crippen molar-refractivity contribution < 1.29 is 19.1 Å². The zero-order valence-corrected chi connectivity index (χ0v) is 15.5. The number of amides is 3. The Hall–Kier alpha value is -1.89. The van der Waals surface area contributed by atoms with E-state index in [1.165, 1.54) is 4.90 Å². The van der Waals surface area contributed by atoms with E-state index in [4.69, 9.17) is 4.74 Å². The number of halogens is 1. The summed E-state index contributed by atoms with van der Waals surface area (Å²) in [4.78, 5) is 37.6. The number of hydrogen-bond acceptors (Lipinski definition) is 4. The van der Waals surface area contributed by atoms with Gasteiger partial charge >= 0.3 is 12.0 Å². The van der Waals surface area contributed by atoms with Crippen LogP contribution in [0, 0.1) is 0 Å². The lowest BCUT2D eigenvalue weighted by molar-refractivity contribution is -0.145. The maximum atomic E-state index is 12.5.